The van der Waals surface area contributed by atoms with E-state index in [0.717, 1.165) is 36.8 Å². The second-order valence-electron chi connectivity index (χ2n) is 12.9. The van der Waals surface area contributed by atoms with Crippen molar-refractivity contribution in [1.82, 2.24) is 9.80 Å². The number of fused-ring (bicyclic) bond motifs is 4. The molecule has 2 amide bonds. The molecule has 11 nitrogen and oxygen atoms in total. The van der Waals surface area contributed by atoms with Gasteiger partial charge in [-0.15, -0.1) is 0 Å². The Morgan fingerprint density at radius 3 is 2.06 bits per heavy atom. The van der Waals surface area contributed by atoms with Crippen molar-refractivity contribution in [2.24, 2.45) is 4.99 Å². The number of amides is 2. The number of aliphatic hydroxyl groups excluding tert-OH is 1. The average molecular weight is 645 g/mol. The van der Waals surface area contributed by atoms with Gasteiger partial charge in [0.05, 0.1) is 62.0 Å². The van der Waals surface area contributed by atoms with E-state index in [2.05, 4.69) is 4.99 Å². The van der Waals surface area contributed by atoms with Crippen LogP contribution in [0.4, 0.5) is 11.4 Å². The molecule has 0 radical (unpaired) electrons. The molecule has 6 rings (SSSR count). The first-order valence-corrected chi connectivity index (χ1v) is 16.3. The number of anilines is 1. The van der Waals surface area contributed by atoms with Gasteiger partial charge >= 0.3 is 0 Å². The van der Waals surface area contributed by atoms with Crippen LogP contribution in [0.5, 0.6) is 23.0 Å². The molecule has 4 aliphatic heterocycles. The first-order chi connectivity index (χ1) is 22.6. The van der Waals surface area contributed by atoms with Crippen LogP contribution in [0.25, 0.3) is 0 Å². The van der Waals surface area contributed by atoms with Crippen molar-refractivity contribution < 1.29 is 33.6 Å². The molecule has 0 saturated heterocycles. The van der Waals surface area contributed by atoms with Crippen LogP contribution in [0.2, 0.25) is 0 Å². The van der Waals surface area contributed by atoms with Crippen LogP contribution in [0.3, 0.4) is 0 Å². The molecule has 0 aliphatic carbocycles. The van der Waals surface area contributed by atoms with Gasteiger partial charge in [-0.3, -0.25) is 14.6 Å². The van der Waals surface area contributed by atoms with Crippen LogP contribution in [0.15, 0.2) is 52.8 Å². The highest BCUT2D eigenvalue weighted by atomic mass is 16.5. The van der Waals surface area contributed by atoms with Crippen LogP contribution < -0.4 is 23.8 Å². The molecule has 4 heterocycles. The summed E-state index contributed by atoms with van der Waals surface area (Å²) in [5.41, 5.74) is 4.38. The van der Waals surface area contributed by atoms with Gasteiger partial charge in [0.1, 0.15) is 6.23 Å². The first kappa shape index (κ1) is 32.4. The summed E-state index contributed by atoms with van der Waals surface area (Å²) in [5.74, 6) is 1.79. The molecule has 0 aromatic heterocycles. The van der Waals surface area contributed by atoms with Gasteiger partial charge < -0.3 is 38.8 Å². The summed E-state index contributed by atoms with van der Waals surface area (Å²) in [6.07, 6.45) is 8.49. The number of carbonyl (C=O) groups is 2. The smallest absolute Gasteiger partial charge is 0.260 e. The number of hydrogen-bond donors (Lipinski definition) is 1. The Labute approximate surface area is 276 Å². The van der Waals surface area contributed by atoms with E-state index in [-0.39, 0.29) is 29.9 Å². The summed E-state index contributed by atoms with van der Waals surface area (Å²) in [7, 11) is 3.12. The van der Waals surface area contributed by atoms with Crippen LogP contribution >= 0.6 is 0 Å². The van der Waals surface area contributed by atoms with Gasteiger partial charge in [-0.05, 0) is 71.9 Å². The maximum Gasteiger partial charge on any atom is 0.260 e. The van der Waals surface area contributed by atoms with Crippen molar-refractivity contribution >= 4 is 29.4 Å². The Morgan fingerprint density at radius 1 is 0.809 bits per heavy atom. The topological polar surface area (TPSA) is 113 Å². The molecule has 2 aromatic carbocycles. The Bertz CT molecular complexity index is 1650. The SMILES string of the molecule is COc1cc2c(cc1OCCCCCOc1cc3c(cc1OC)C(=O)N1C=C(C)C[C@H]1[C@H](O)N3C(C)C)N=C[C@@H]1CC(C)=CN1C2=O. The minimum atomic E-state index is -0.862. The van der Waals surface area contributed by atoms with Gasteiger partial charge in [0.25, 0.3) is 11.8 Å². The molecule has 3 atom stereocenters. The van der Waals surface area contributed by atoms with Crippen molar-refractivity contribution in [3.05, 3.63) is 58.9 Å². The Hall–Kier alpha value is -4.51. The zero-order valence-corrected chi connectivity index (χ0v) is 28.0. The molecule has 0 fully saturated rings. The van der Waals surface area contributed by atoms with Crippen LogP contribution in [-0.4, -0.2) is 84.7 Å². The minimum Gasteiger partial charge on any atom is -0.493 e. The van der Waals surface area contributed by atoms with Crippen LogP contribution in [0, 0.1) is 0 Å². The van der Waals surface area contributed by atoms with Gasteiger partial charge in [0.2, 0.25) is 0 Å². The molecule has 11 heteroatoms. The molecule has 2 aromatic rings. The normalized spacial score (nSPS) is 21.4. The predicted octanol–water partition coefficient (Wildman–Crippen LogP) is 5.83. The lowest BCUT2D eigenvalue weighted by molar-refractivity contribution is 0.0560. The molecule has 47 heavy (non-hydrogen) atoms. The third kappa shape index (κ3) is 6.16. The maximum absolute atomic E-state index is 13.6. The number of rotatable bonds is 11. The number of aliphatic hydroxyl groups is 1. The van der Waals surface area contributed by atoms with E-state index < -0.39 is 6.23 Å². The monoisotopic (exact) mass is 644 g/mol. The highest BCUT2D eigenvalue weighted by Crippen LogP contribution is 2.43. The fourth-order valence-electron chi connectivity index (χ4n) is 6.83. The number of nitrogens with zero attached hydrogens (tertiary/aromatic N) is 4. The highest BCUT2D eigenvalue weighted by Gasteiger charge is 2.43. The van der Waals surface area contributed by atoms with Gasteiger partial charge in [-0.25, -0.2) is 0 Å². The zero-order valence-electron chi connectivity index (χ0n) is 28.0. The molecule has 0 bridgehead atoms. The average Bonchev–Trinajstić information content (AvgIpc) is 3.58. The molecule has 1 N–H and O–H groups in total. The summed E-state index contributed by atoms with van der Waals surface area (Å²) in [6.45, 7) is 8.90. The van der Waals surface area contributed by atoms with Crippen molar-refractivity contribution in [1.29, 1.82) is 0 Å². The van der Waals surface area contributed by atoms with Gasteiger partial charge in [-0.2, -0.15) is 0 Å². The number of unbranched alkanes of at least 4 members (excludes halogenated alkanes) is 2. The lowest BCUT2D eigenvalue weighted by Crippen LogP contribution is -2.50. The Kier molecular flexibility index (Phi) is 9.18. The van der Waals surface area contributed by atoms with Crippen molar-refractivity contribution in [2.75, 3.05) is 32.3 Å². The van der Waals surface area contributed by atoms with Gasteiger partial charge in [-0.1, -0.05) is 11.1 Å². The number of carbonyl (C=O) groups excluding carboxylic acids is 2. The van der Waals surface area contributed by atoms with E-state index in [1.54, 1.807) is 42.2 Å². The second-order valence-corrected chi connectivity index (χ2v) is 12.9. The third-order valence-electron chi connectivity index (χ3n) is 9.14. The molecular weight excluding hydrogens is 600 g/mol. The highest BCUT2D eigenvalue weighted by molar-refractivity contribution is 6.04. The summed E-state index contributed by atoms with van der Waals surface area (Å²) < 4.78 is 23.5. The molecule has 0 unspecified atom stereocenters. The number of benzene rings is 2. The fourth-order valence-corrected chi connectivity index (χ4v) is 6.83. The van der Waals surface area contributed by atoms with E-state index in [9.17, 15) is 14.7 Å². The predicted molar refractivity (Wildman–Crippen MR) is 179 cm³/mol. The largest absolute Gasteiger partial charge is 0.493 e. The molecule has 0 spiro atoms. The molecule has 0 saturated carbocycles. The van der Waals surface area contributed by atoms with E-state index in [1.807, 2.05) is 57.3 Å². The second kappa shape index (κ2) is 13.3. The van der Waals surface area contributed by atoms with E-state index >= 15 is 0 Å². The van der Waals surface area contributed by atoms with Crippen molar-refractivity contribution in [3.63, 3.8) is 0 Å². The lowest BCUT2D eigenvalue weighted by Gasteiger charge is -2.36. The zero-order chi connectivity index (χ0) is 33.4. The minimum absolute atomic E-state index is 0.0528. The Morgan fingerprint density at radius 2 is 1.40 bits per heavy atom. The summed E-state index contributed by atoms with van der Waals surface area (Å²) in [4.78, 5) is 36.7. The molecular formula is C36H44N4O7. The summed E-state index contributed by atoms with van der Waals surface area (Å²) >= 11 is 0. The van der Waals surface area contributed by atoms with E-state index in [4.69, 9.17) is 18.9 Å². The van der Waals surface area contributed by atoms with Crippen LogP contribution in [0.1, 0.15) is 80.5 Å². The first-order valence-electron chi connectivity index (χ1n) is 16.3. The van der Waals surface area contributed by atoms with Crippen molar-refractivity contribution in [3.8, 4) is 23.0 Å². The van der Waals surface area contributed by atoms with Crippen molar-refractivity contribution in [2.45, 2.75) is 84.2 Å². The van der Waals surface area contributed by atoms with Gasteiger partial charge in [0, 0.05) is 36.8 Å². The standard InChI is InChI=1S/C36H44N4O7/c1-21(2)40-28-17-33(31(45-6)15-26(28)35(42)39-20-23(4)13-29(39)36(40)43)47-11-9-7-8-10-46-32-16-27-25(14-30(32)44-5)34(41)38-19-22(3)12-24(38)18-37-27/h14-21,24,29,36,43H,7-13H2,1-6H3/t24-,29-,36-/m0/s1. The number of ether oxygens (including phenoxy) is 4. The summed E-state index contributed by atoms with van der Waals surface area (Å²) in [6, 6.07) is 6.55. The quantitative estimate of drug-likeness (QED) is 0.304. The number of methoxy groups -OCH3 is 2. The number of aliphatic imine (C=N–C) groups is 1. The third-order valence-corrected chi connectivity index (χ3v) is 9.14. The fraction of sp³-hybridized carbons (Fsp3) is 0.472. The van der Waals surface area contributed by atoms with Crippen LogP contribution in [-0.2, 0) is 0 Å². The molecule has 4 aliphatic rings. The Balaban J connectivity index is 1.07. The molecule has 250 valence electrons. The maximum atomic E-state index is 13.6. The van der Waals surface area contributed by atoms with E-state index in [1.165, 1.54) is 0 Å². The number of hydrogen-bond acceptors (Lipinski definition) is 9. The van der Waals surface area contributed by atoms with Gasteiger partial charge in [0.15, 0.2) is 23.0 Å². The lowest BCUT2D eigenvalue weighted by atomic mass is 10.1. The summed E-state index contributed by atoms with van der Waals surface area (Å²) in [5, 5.41) is 11.4. The van der Waals surface area contributed by atoms with E-state index in [0.29, 0.717) is 65.1 Å².